The van der Waals surface area contributed by atoms with Gasteiger partial charge in [0.25, 0.3) is 0 Å². The molecule has 0 amide bonds. The zero-order valence-corrected chi connectivity index (χ0v) is 16.0. The normalized spacial score (nSPS) is 10.8. The van der Waals surface area contributed by atoms with Crippen LogP contribution in [0.25, 0.3) is 11.3 Å². The fraction of sp³-hybridized carbons (Fsp3) is 0.125. The number of nitrogens with zero attached hydrogens (tertiary/aromatic N) is 1. The quantitative estimate of drug-likeness (QED) is 0.666. The standard InChI is InChI=1S/C15H17N.C9H11N/c1-5-14(12(2)3)10-9-13(4)15-8-6-7-11-16-15;1-7-4-3-5-9(6-7)8(2)10/h5-11H,2,4H2,1,3H3;3-6H,2,10H2,1H3/b10-9-,14-5+;. The molecule has 0 spiro atoms. The number of pyridine rings is 1. The van der Waals surface area contributed by atoms with Crippen LogP contribution in [-0.2, 0) is 0 Å². The molecule has 1 heterocycles. The fourth-order valence-corrected chi connectivity index (χ4v) is 2.16. The van der Waals surface area contributed by atoms with Gasteiger partial charge >= 0.3 is 0 Å². The van der Waals surface area contributed by atoms with Crippen molar-refractivity contribution in [2.24, 2.45) is 5.73 Å². The van der Waals surface area contributed by atoms with Crippen molar-refractivity contribution in [2.45, 2.75) is 20.8 Å². The Kier molecular flexibility index (Phi) is 8.59. The second kappa shape index (κ2) is 10.7. The summed E-state index contributed by atoms with van der Waals surface area (Å²) in [5.74, 6) is 0. The molecule has 0 saturated carbocycles. The molecular formula is C24H28N2. The number of aromatic nitrogens is 1. The Labute approximate surface area is 157 Å². The predicted molar refractivity (Wildman–Crippen MR) is 115 cm³/mol. The van der Waals surface area contributed by atoms with Crippen molar-refractivity contribution in [3.05, 3.63) is 115 Å². The third-order valence-electron chi connectivity index (χ3n) is 3.65. The van der Waals surface area contributed by atoms with Crippen LogP contribution in [0.5, 0.6) is 0 Å². The summed E-state index contributed by atoms with van der Waals surface area (Å²) in [7, 11) is 0. The number of rotatable bonds is 5. The third-order valence-corrected chi connectivity index (χ3v) is 3.65. The van der Waals surface area contributed by atoms with Crippen molar-refractivity contribution >= 4 is 11.3 Å². The van der Waals surface area contributed by atoms with Gasteiger partial charge in [0, 0.05) is 11.9 Å². The lowest BCUT2D eigenvalue weighted by molar-refractivity contribution is 1.28. The first-order chi connectivity index (χ1) is 12.3. The van der Waals surface area contributed by atoms with E-state index in [1.165, 1.54) is 5.56 Å². The Hall–Kier alpha value is -3.13. The molecule has 0 fully saturated rings. The second-order valence-electron chi connectivity index (χ2n) is 5.99. The summed E-state index contributed by atoms with van der Waals surface area (Å²) >= 11 is 0. The van der Waals surface area contributed by atoms with Crippen LogP contribution in [0.3, 0.4) is 0 Å². The van der Waals surface area contributed by atoms with Gasteiger partial charge in [-0.05, 0) is 55.7 Å². The van der Waals surface area contributed by atoms with E-state index in [4.69, 9.17) is 5.73 Å². The average Bonchev–Trinajstić information content (AvgIpc) is 2.63. The average molecular weight is 345 g/mol. The number of nitrogens with two attached hydrogens (primary N) is 1. The van der Waals surface area contributed by atoms with Crippen molar-refractivity contribution in [2.75, 3.05) is 0 Å². The van der Waals surface area contributed by atoms with Crippen LogP contribution in [-0.4, -0.2) is 4.98 Å². The van der Waals surface area contributed by atoms with Crippen LogP contribution in [0.4, 0.5) is 0 Å². The van der Waals surface area contributed by atoms with E-state index in [2.05, 4.69) is 24.7 Å². The molecule has 2 heteroatoms. The van der Waals surface area contributed by atoms with Gasteiger partial charge in [-0.25, -0.2) is 0 Å². The highest BCUT2D eigenvalue weighted by atomic mass is 14.7. The molecule has 0 saturated heterocycles. The topological polar surface area (TPSA) is 38.9 Å². The van der Waals surface area contributed by atoms with Crippen LogP contribution in [0.1, 0.15) is 30.7 Å². The maximum Gasteiger partial charge on any atom is 0.0695 e. The maximum atomic E-state index is 5.49. The van der Waals surface area contributed by atoms with Crippen molar-refractivity contribution in [3.63, 3.8) is 0 Å². The van der Waals surface area contributed by atoms with Crippen LogP contribution >= 0.6 is 0 Å². The van der Waals surface area contributed by atoms with Crippen molar-refractivity contribution < 1.29 is 0 Å². The monoisotopic (exact) mass is 344 g/mol. The van der Waals surface area contributed by atoms with E-state index in [1.54, 1.807) is 6.20 Å². The number of hydrogen-bond acceptors (Lipinski definition) is 2. The molecule has 26 heavy (non-hydrogen) atoms. The third kappa shape index (κ3) is 7.18. The summed E-state index contributed by atoms with van der Waals surface area (Å²) in [4.78, 5) is 4.23. The Bertz CT molecular complexity index is 824. The molecule has 2 N–H and O–H groups in total. The number of allylic oxidation sites excluding steroid dienone is 6. The van der Waals surface area contributed by atoms with E-state index in [0.717, 1.165) is 28.0 Å². The molecule has 0 unspecified atom stereocenters. The molecule has 0 aliphatic carbocycles. The number of hydrogen-bond donors (Lipinski definition) is 1. The van der Waals surface area contributed by atoms with Crippen molar-refractivity contribution in [3.8, 4) is 0 Å². The maximum absolute atomic E-state index is 5.49. The first-order valence-electron chi connectivity index (χ1n) is 8.47. The van der Waals surface area contributed by atoms with E-state index >= 15 is 0 Å². The molecule has 2 nitrogen and oxygen atoms in total. The van der Waals surface area contributed by atoms with Crippen molar-refractivity contribution in [1.29, 1.82) is 0 Å². The Morgan fingerprint density at radius 1 is 1.04 bits per heavy atom. The summed E-state index contributed by atoms with van der Waals surface area (Å²) in [5.41, 5.74) is 12.3. The van der Waals surface area contributed by atoms with E-state index in [0.29, 0.717) is 5.70 Å². The minimum atomic E-state index is 0.628. The Balaban J connectivity index is 0.000000289. The number of aryl methyl sites for hydroxylation is 1. The molecule has 0 aliphatic heterocycles. The molecule has 2 aromatic rings. The van der Waals surface area contributed by atoms with Gasteiger partial charge in [-0.15, -0.1) is 0 Å². The fourth-order valence-electron chi connectivity index (χ4n) is 2.16. The summed E-state index contributed by atoms with van der Waals surface area (Å²) in [6.45, 7) is 17.6. The summed E-state index contributed by atoms with van der Waals surface area (Å²) in [6.07, 6.45) is 7.78. The molecule has 1 aromatic heterocycles. The zero-order valence-electron chi connectivity index (χ0n) is 16.0. The van der Waals surface area contributed by atoms with Gasteiger partial charge in [0.05, 0.1) is 5.69 Å². The van der Waals surface area contributed by atoms with Gasteiger partial charge < -0.3 is 5.73 Å². The van der Waals surface area contributed by atoms with E-state index in [9.17, 15) is 0 Å². The van der Waals surface area contributed by atoms with Gasteiger partial charge in [0.1, 0.15) is 0 Å². The van der Waals surface area contributed by atoms with E-state index in [1.807, 2.05) is 81.5 Å². The van der Waals surface area contributed by atoms with E-state index < -0.39 is 0 Å². The SMILES string of the molecule is C=C(C)C(/C=C\C(=C)c1ccccn1)=C/C.C=C(N)c1cccc(C)c1. The van der Waals surface area contributed by atoms with E-state index in [-0.39, 0.29) is 0 Å². The zero-order chi connectivity index (χ0) is 19.5. The molecular weight excluding hydrogens is 316 g/mol. The lowest BCUT2D eigenvalue weighted by atomic mass is 10.1. The number of benzene rings is 1. The van der Waals surface area contributed by atoms with Crippen molar-refractivity contribution in [1.82, 2.24) is 4.98 Å². The van der Waals surface area contributed by atoms with Crippen LogP contribution in [0.15, 0.2) is 97.8 Å². The Morgan fingerprint density at radius 3 is 2.23 bits per heavy atom. The summed E-state index contributed by atoms with van der Waals surface area (Å²) in [6, 6.07) is 13.8. The van der Waals surface area contributed by atoms with Gasteiger partial charge in [-0.1, -0.05) is 73.4 Å². The minimum Gasteiger partial charge on any atom is -0.399 e. The molecule has 0 aliphatic rings. The lowest BCUT2D eigenvalue weighted by Gasteiger charge is -2.01. The van der Waals surface area contributed by atoms with Crippen LogP contribution < -0.4 is 5.73 Å². The predicted octanol–water partition coefficient (Wildman–Crippen LogP) is 6.10. The smallest absolute Gasteiger partial charge is 0.0695 e. The lowest BCUT2D eigenvalue weighted by Crippen LogP contribution is -1.93. The highest BCUT2D eigenvalue weighted by molar-refractivity contribution is 5.70. The van der Waals surface area contributed by atoms with Gasteiger partial charge in [-0.3, -0.25) is 4.98 Å². The molecule has 2 rings (SSSR count). The van der Waals surface area contributed by atoms with Crippen LogP contribution in [0, 0.1) is 6.92 Å². The minimum absolute atomic E-state index is 0.628. The second-order valence-corrected chi connectivity index (χ2v) is 5.99. The summed E-state index contributed by atoms with van der Waals surface area (Å²) in [5, 5.41) is 0. The van der Waals surface area contributed by atoms with Crippen LogP contribution in [0.2, 0.25) is 0 Å². The Morgan fingerprint density at radius 2 is 1.77 bits per heavy atom. The summed E-state index contributed by atoms with van der Waals surface area (Å²) < 4.78 is 0. The first-order valence-corrected chi connectivity index (χ1v) is 8.47. The molecule has 0 radical (unpaired) electrons. The molecule has 134 valence electrons. The highest BCUT2D eigenvalue weighted by Crippen LogP contribution is 2.14. The highest BCUT2D eigenvalue weighted by Gasteiger charge is 1.96. The molecule has 0 bridgehead atoms. The van der Waals surface area contributed by atoms with Gasteiger partial charge in [0.15, 0.2) is 0 Å². The van der Waals surface area contributed by atoms with Gasteiger partial charge in [0.2, 0.25) is 0 Å². The molecule has 0 atom stereocenters. The first kappa shape index (κ1) is 20.9. The molecule has 1 aromatic carbocycles. The largest absolute Gasteiger partial charge is 0.399 e. The van der Waals surface area contributed by atoms with Gasteiger partial charge in [-0.2, -0.15) is 0 Å².